The van der Waals surface area contributed by atoms with Crippen molar-refractivity contribution in [1.29, 1.82) is 0 Å². The summed E-state index contributed by atoms with van der Waals surface area (Å²) in [6.07, 6.45) is 1.61. The molecular weight excluding hydrogens is 430 g/mol. The number of aromatic hydroxyl groups is 1. The summed E-state index contributed by atoms with van der Waals surface area (Å²) < 4.78 is 1.21. The van der Waals surface area contributed by atoms with Crippen molar-refractivity contribution < 1.29 is 9.90 Å². The number of benzene rings is 2. The van der Waals surface area contributed by atoms with Gasteiger partial charge in [0, 0.05) is 10.0 Å². The van der Waals surface area contributed by atoms with Crippen molar-refractivity contribution in [2.75, 3.05) is 0 Å². The molecule has 1 amide bonds. The van der Waals surface area contributed by atoms with E-state index >= 15 is 0 Å². The topological polar surface area (TPSA) is 40.5 Å². The standard InChI is InChI=1S/C17H11BrClNO2S2/c18-12-6-11(15(21)13(19)8-12)7-14-16(22)20(17(23)24-14)9-10-4-2-1-3-5-10/h1-8,21H,9H2. The number of carbonyl (C=O) groups is 1. The van der Waals surface area contributed by atoms with Gasteiger partial charge in [0.25, 0.3) is 5.91 Å². The lowest BCUT2D eigenvalue weighted by Crippen LogP contribution is -2.27. The predicted molar refractivity (Wildman–Crippen MR) is 106 cm³/mol. The van der Waals surface area contributed by atoms with Crippen LogP contribution >= 0.6 is 51.5 Å². The monoisotopic (exact) mass is 439 g/mol. The lowest BCUT2D eigenvalue weighted by atomic mass is 10.1. The number of carbonyl (C=O) groups excluding carboxylic acids is 1. The summed E-state index contributed by atoms with van der Waals surface area (Å²) >= 11 is 15.8. The van der Waals surface area contributed by atoms with Gasteiger partial charge in [0.1, 0.15) is 10.1 Å². The first-order chi connectivity index (χ1) is 11.5. The van der Waals surface area contributed by atoms with Crippen LogP contribution in [-0.4, -0.2) is 20.2 Å². The summed E-state index contributed by atoms with van der Waals surface area (Å²) in [6, 6.07) is 13.0. The summed E-state index contributed by atoms with van der Waals surface area (Å²) in [6.45, 7) is 0.425. The van der Waals surface area contributed by atoms with Crippen molar-refractivity contribution in [2.24, 2.45) is 0 Å². The number of rotatable bonds is 3. The van der Waals surface area contributed by atoms with Crippen LogP contribution in [0.4, 0.5) is 0 Å². The zero-order valence-corrected chi connectivity index (χ0v) is 16.2. The molecule has 0 saturated carbocycles. The summed E-state index contributed by atoms with van der Waals surface area (Å²) in [7, 11) is 0. The molecule has 122 valence electrons. The normalized spacial score (nSPS) is 16.2. The average Bonchev–Trinajstić information content (AvgIpc) is 2.81. The molecule has 2 aromatic carbocycles. The van der Waals surface area contributed by atoms with Crippen molar-refractivity contribution in [3.05, 3.63) is 68.0 Å². The number of phenols is 1. The summed E-state index contributed by atoms with van der Waals surface area (Å²) in [5, 5.41) is 10.3. The van der Waals surface area contributed by atoms with Gasteiger partial charge in [-0.25, -0.2) is 0 Å². The Bertz CT molecular complexity index is 855. The number of hydrogen-bond donors (Lipinski definition) is 1. The molecule has 7 heteroatoms. The van der Waals surface area contributed by atoms with Crippen LogP contribution in [0, 0.1) is 0 Å². The third-order valence-corrected chi connectivity index (χ3v) is 5.53. The number of thiocarbonyl (C=S) groups is 1. The quantitative estimate of drug-likeness (QED) is 0.525. The largest absolute Gasteiger partial charge is 0.506 e. The predicted octanol–water partition coefficient (Wildman–Crippen LogP) is 5.21. The highest BCUT2D eigenvalue weighted by Gasteiger charge is 2.32. The minimum absolute atomic E-state index is 0.0619. The Morgan fingerprint density at radius 1 is 1.29 bits per heavy atom. The Morgan fingerprint density at radius 2 is 2.00 bits per heavy atom. The van der Waals surface area contributed by atoms with Crippen molar-refractivity contribution in [2.45, 2.75) is 6.54 Å². The Hall–Kier alpha value is -1.34. The van der Waals surface area contributed by atoms with E-state index in [0.29, 0.717) is 21.3 Å². The minimum atomic E-state index is -0.177. The molecular formula is C17H11BrClNO2S2. The maximum atomic E-state index is 12.6. The maximum absolute atomic E-state index is 12.6. The van der Waals surface area contributed by atoms with Crippen LogP contribution in [0.15, 0.2) is 51.8 Å². The van der Waals surface area contributed by atoms with Crippen LogP contribution in [0.5, 0.6) is 5.75 Å². The van der Waals surface area contributed by atoms with E-state index in [0.717, 1.165) is 10.0 Å². The van der Waals surface area contributed by atoms with Crippen LogP contribution in [-0.2, 0) is 11.3 Å². The van der Waals surface area contributed by atoms with E-state index in [1.54, 1.807) is 23.1 Å². The highest BCUT2D eigenvalue weighted by atomic mass is 79.9. The first-order valence-electron chi connectivity index (χ1n) is 6.93. The van der Waals surface area contributed by atoms with Crippen molar-refractivity contribution in [3.63, 3.8) is 0 Å². The molecule has 24 heavy (non-hydrogen) atoms. The third kappa shape index (κ3) is 3.67. The number of thioether (sulfide) groups is 1. The molecule has 0 aliphatic carbocycles. The molecule has 0 aromatic heterocycles. The Balaban J connectivity index is 1.89. The number of halogens is 2. The second-order valence-electron chi connectivity index (χ2n) is 5.08. The average molecular weight is 441 g/mol. The maximum Gasteiger partial charge on any atom is 0.266 e. The summed E-state index contributed by atoms with van der Waals surface area (Å²) in [5.74, 6) is -0.238. The molecule has 1 N–H and O–H groups in total. The zero-order chi connectivity index (χ0) is 17.3. The van der Waals surface area contributed by atoms with Crippen LogP contribution in [0.3, 0.4) is 0 Å². The molecule has 0 spiro atoms. The summed E-state index contributed by atoms with van der Waals surface area (Å²) in [5.41, 5.74) is 1.47. The van der Waals surface area contributed by atoms with Gasteiger partial charge in [-0.1, -0.05) is 81.8 Å². The van der Waals surface area contributed by atoms with Crippen LogP contribution in [0.1, 0.15) is 11.1 Å². The van der Waals surface area contributed by atoms with E-state index in [2.05, 4.69) is 15.9 Å². The Kier molecular flexibility index (Phi) is 5.30. The molecule has 1 saturated heterocycles. The van der Waals surface area contributed by atoms with Gasteiger partial charge in [-0.3, -0.25) is 9.69 Å². The highest BCUT2D eigenvalue weighted by molar-refractivity contribution is 9.10. The van der Waals surface area contributed by atoms with Gasteiger partial charge in [0.2, 0.25) is 0 Å². The fourth-order valence-electron chi connectivity index (χ4n) is 2.24. The first-order valence-corrected chi connectivity index (χ1v) is 9.32. The van der Waals surface area contributed by atoms with Gasteiger partial charge in [0.15, 0.2) is 0 Å². The van der Waals surface area contributed by atoms with E-state index in [4.69, 9.17) is 23.8 Å². The lowest BCUT2D eigenvalue weighted by Gasteiger charge is -2.14. The summed E-state index contributed by atoms with van der Waals surface area (Å²) in [4.78, 5) is 14.6. The van der Waals surface area contributed by atoms with E-state index in [1.807, 2.05) is 30.3 Å². The lowest BCUT2D eigenvalue weighted by molar-refractivity contribution is -0.122. The molecule has 1 aliphatic rings. The van der Waals surface area contributed by atoms with E-state index < -0.39 is 0 Å². The zero-order valence-electron chi connectivity index (χ0n) is 12.2. The van der Waals surface area contributed by atoms with E-state index in [9.17, 15) is 9.90 Å². The molecule has 0 unspecified atom stereocenters. The highest BCUT2D eigenvalue weighted by Crippen LogP contribution is 2.37. The van der Waals surface area contributed by atoms with E-state index in [-0.39, 0.29) is 16.7 Å². The third-order valence-electron chi connectivity index (χ3n) is 3.40. The number of nitrogens with zero attached hydrogens (tertiary/aromatic N) is 1. The number of amides is 1. The van der Waals surface area contributed by atoms with Crippen molar-refractivity contribution >= 4 is 67.8 Å². The first kappa shape index (κ1) is 17.5. The van der Waals surface area contributed by atoms with Gasteiger partial charge < -0.3 is 5.11 Å². The Labute approximate surface area is 162 Å². The van der Waals surface area contributed by atoms with Crippen LogP contribution in [0.2, 0.25) is 5.02 Å². The molecule has 0 bridgehead atoms. The number of hydrogen-bond acceptors (Lipinski definition) is 4. The van der Waals surface area contributed by atoms with Crippen LogP contribution < -0.4 is 0 Å². The molecule has 3 nitrogen and oxygen atoms in total. The molecule has 3 rings (SSSR count). The minimum Gasteiger partial charge on any atom is -0.506 e. The fourth-order valence-corrected chi connectivity index (χ4v) is 4.32. The fraction of sp³-hybridized carbons (Fsp3) is 0.0588. The SMILES string of the molecule is O=C1C(=Cc2cc(Br)cc(Cl)c2O)SC(=S)N1Cc1ccccc1. The van der Waals surface area contributed by atoms with Crippen molar-refractivity contribution in [1.82, 2.24) is 4.90 Å². The van der Waals surface area contributed by atoms with Gasteiger partial charge >= 0.3 is 0 Å². The van der Waals surface area contributed by atoms with Gasteiger partial charge in [-0.2, -0.15) is 0 Å². The molecule has 0 radical (unpaired) electrons. The Morgan fingerprint density at radius 3 is 2.71 bits per heavy atom. The van der Waals surface area contributed by atoms with Crippen molar-refractivity contribution in [3.8, 4) is 5.75 Å². The molecule has 1 aliphatic heterocycles. The van der Waals surface area contributed by atoms with E-state index in [1.165, 1.54) is 11.8 Å². The van der Waals surface area contributed by atoms with Gasteiger partial charge in [-0.05, 0) is 23.8 Å². The number of phenolic OH excluding ortho intramolecular Hbond substituents is 1. The molecule has 0 atom stereocenters. The molecule has 1 fully saturated rings. The second kappa shape index (κ2) is 7.27. The van der Waals surface area contributed by atoms with Gasteiger partial charge in [-0.15, -0.1) is 0 Å². The van der Waals surface area contributed by atoms with Crippen LogP contribution in [0.25, 0.3) is 6.08 Å². The molecule has 2 aromatic rings. The smallest absolute Gasteiger partial charge is 0.266 e. The molecule has 1 heterocycles. The second-order valence-corrected chi connectivity index (χ2v) is 8.08. The van der Waals surface area contributed by atoms with Gasteiger partial charge in [0.05, 0.1) is 16.5 Å².